The van der Waals surface area contributed by atoms with E-state index in [4.69, 9.17) is 0 Å². The molecule has 3 heteroatoms. The first kappa shape index (κ1) is 10.7. The van der Waals surface area contributed by atoms with E-state index in [2.05, 4.69) is 24.1 Å². The Morgan fingerprint density at radius 3 is 2.56 bits per heavy atom. The lowest BCUT2D eigenvalue weighted by molar-refractivity contribution is -0.114. The topological polar surface area (TPSA) is 44.9 Å². The van der Waals surface area contributed by atoms with Crippen LogP contribution in [0.25, 0.3) is 10.9 Å². The summed E-state index contributed by atoms with van der Waals surface area (Å²) in [5.74, 6) is -0.0385. The summed E-state index contributed by atoms with van der Waals surface area (Å²) in [5.41, 5.74) is 5.54. The van der Waals surface area contributed by atoms with E-state index in [0.717, 1.165) is 22.3 Å². The Morgan fingerprint density at radius 2 is 1.94 bits per heavy atom. The van der Waals surface area contributed by atoms with Crippen molar-refractivity contribution >= 4 is 22.5 Å². The number of H-pyrrole nitrogens is 1. The fourth-order valence-corrected chi connectivity index (χ4v) is 2.02. The zero-order valence-corrected chi connectivity index (χ0v) is 10.1. The quantitative estimate of drug-likeness (QED) is 0.756. The van der Waals surface area contributed by atoms with E-state index in [1.807, 2.05) is 19.1 Å². The fraction of sp³-hybridized carbons (Fsp3) is 0.308. The Labute approximate surface area is 94.9 Å². The number of amides is 1. The summed E-state index contributed by atoms with van der Waals surface area (Å²) in [4.78, 5) is 14.5. The highest BCUT2D eigenvalue weighted by atomic mass is 16.1. The largest absolute Gasteiger partial charge is 0.358 e. The molecule has 0 saturated carbocycles. The fourth-order valence-electron chi connectivity index (χ4n) is 2.02. The Morgan fingerprint density at radius 1 is 1.25 bits per heavy atom. The van der Waals surface area contributed by atoms with E-state index < -0.39 is 0 Å². The number of benzene rings is 1. The van der Waals surface area contributed by atoms with Gasteiger partial charge in [0.1, 0.15) is 0 Å². The molecule has 0 aliphatic carbocycles. The zero-order valence-electron chi connectivity index (χ0n) is 10.1. The monoisotopic (exact) mass is 216 g/mol. The first-order chi connectivity index (χ1) is 7.50. The predicted molar refractivity (Wildman–Crippen MR) is 66.8 cm³/mol. The molecule has 84 valence electrons. The maximum Gasteiger partial charge on any atom is 0.221 e. The zero-order chi connectivity index (χ0) is 11.9. The van der Waals surface area contributed by atoms with Crippen LogP contribution in [0.15, 0.2) is 12.1 Å². The van der Waals surface area contributed by atoms with Gasteiger partial charge in [-0.2, -0.15) is 0 Å². The third-order valence-electron chi connectivity index (χ3n) is 2.97. The van der Waals surface area contributed by atoms with Crippen molar-refractivity contribution < 1.29 is 4.79 Å². The van der Waals surface area contributed by atoms with Crippen molar-refractivity contribution in [1.82, 2.24) is 4.98 Å². The van der Waals surface area contributed by atoms with Crippen LogP contribution in [0.3, 0.4) is 0 Å². The molecule has 0 bridgehead atoms. The second-order valence-corrected chi connectivity index (χ2v) is 4.24. The molecule has 0 aliphatic heterocycles. The van der Waals surface area contributed by atoms with Gasteiger partial charge in [-0.25, -0.2) is 0 Å². The van der Waals surface area contributed by atoms with Gasteiger partial charge in [0, 0.05) is 18.0 Å². The Hall–Kier alpha value is -1.77. The number of aromatic nitrogens is 1. The van der Waals surface area contributed by atoms with Gasteiger partial charge in [-0.1, -0.05) is 6.07 Å². The number of rotatable bonds is 1. The summed E-state index contributed by atoms with van der Waals surface area (Å²) in [6, 6.07) is 3.97. The summed E-state index contributed by atoms with van der Waals surface area (Å²) in [7, 11) is 0. The molecule has 2 N–H and O–H groups in total. The normalized spacial score (nSPS) is 10.8. The van der Waals surface area contributed by atoms with Crippen LogP contribution in [0, 0.1) is 20.8 Å². The SMILES string of the molecule is CC(=O)Nc1ccc(C)c2[nH]c(C)c(C)c12. The average Bonchev–Trinajstić information content (AvgIpc) is 2.49. The minimum absolute atomic E-state index is 0.0385. The number of aromatic amines is 1. The molecule has 0 aliphatic rings. The number of aryl methyl sites for hydroxylation is 3. The van der Waals surface area contributed by atoms with Crippen molar-refractivity contribution in [2.75, 3.05) is 5.32 Å². The second kappa shape index (κ2) is 3.67. The van der Waals surface area contributed by atoms with Gasteiger partial charge in [0.25, 0.3) is 0 Å². The first-order valence-electron chi connectivity index (χ1n) is 5.36. The van der Waals surface area contributed by atoms with Crippen LogP contribution in [-0.2, 0) is 4.79 Å². The molecule has 1 aromatic carbocycles. The number of carbonyl (C=O) groups is 1. The summed E-state index contributed by atoms with van der Waals surface area (Å²) in [6.07, 6.45) is 0. The van der Waals surface area contributed by atoms with Crippen LogP contribution >= 0.6 is 0 Å². The summed E-state index contributed by atoms with van der Waals surface area (Å²) in [6.45, 7) is 7.71. The van der Waals surface area contributed by atoms with Gasteiger partial charge in [0.2, 0.25) is 5.91 Å². The van der Waals surface area contributed by atoms with Gasteiger partial charge in [-0.05, 0) is 38.0 Å². The van der Waals surface area contributed by atoms with E-state index in [-0.39, 0.29) is 5.91 Å². The highest BCUT2D eigenvalue weighted by molar-refractivity contribution is 6.03. The van der Waals surface area contributed by atoms with Crippen LogP contribution in [0.2, 0.25) is 0 Å². The third-order valence-corrected chi connectivity index (χ3v) is 2.97. The lowest BCUT2D eigenvalue weighted by atomic mass is 10.1. The van der Waals surface area contributed by atoms with Gasteiger partial charge in [0.05, 0.1) is 11.2 Å². The van der Waals surface area contributed by atoms with Gasteiger partial charge < -0.3 is 10.3 Å². The minimum Gasteiger partial charge on any atom is -0.358 e. The van der Waals surface area contributed by atoms with Crippen LogP contribution < -0.4 is 5.32 Å². The highest BCUT2D eigenvalue weighted by Gasteiger charge is 2.11. The van der Waals surface area contributed by atoms with Crippen molar-refractivity contribution in [3.05, 3.63) is 29.0 Å². The van der Waals surface area contributed by atoms with Crippen molar-refractivity contribution in [1.29, 1.82) is 0 Å². The summed E-state index contributed by atoms with van der Waals surface area (Å²) in [5, 5.41) is 3.99. The maximum atomic E-state index is 11.1. The molecule has 1 aromatic heterocycles. The summed E-state index contributed by atoms with van der Waals surface area (Å²) < 4.78 is 0. The predicted octanol–water partition coefficient (Wildman–Crippen LogP) is 3.05. The van der Waals surface area contributed by atoms with Crippen LogP contribution in [0.4, 0.5) is 5.69 Å². The highest BCUT2D eigenvalue weighted by Crippen LogP contribution is 2.30. The van der Waals surface area contributed by atoms with Gasteiger partial charge in [0.15, 0.2) is 0 Å². The van der Waals surface area contributed by atoms with Crippen LogP contribution in [-0.4, -0.2) is 10.9 Å². The average molecular weight is 216 g/mol. The molecule has 0 atom stereocenters. The molecule has 0 spiro atoms. The van der Waals surface area contributed by atoms with Crippen LogP contribution in [0.1, 0.15) is 23.7 Å². The van der Waals surface area contributed by atoms with Gasteiger partial charge in [-0.15, -0.1) is 0 Å². The molecule has 1 heterocycles. The van der Waals surface area contributed by atoms with Crippen molar-refractivity contribution in [3.63, 3.8) is 0 Å². The minimum atomic E-state index is -0.0385. The van der Waals surface area contributed by atoms with Crippen molar-refractivity contribution in [2.45, 2.75) is 27.7 Å². The molecular formula is C13H16N2O. The second-order valence-electron chi connectivity index (χ2n) is 4.24. The van der Waals surface area contributed by atoms with E-state index in [9.17, 15) is 4.79 Å². The van der Waals surface area contributed by atoms with E-state index in [0.29, 0.717) is 0 Å². The van der Waals surface area contributed by atoms with Gasteiger partial charge >= 0.3 is 0 Å². The summed E-state index contributed by atoms with van der Waals surface area (Å²) >= 11 is 0. The van der Waals surface area contributed by atoms with E-state index in [1.54, 1.807) is 0 Å². The third kappa shape index (κ3) is 1.58. The standard InChI is InChI=1S/C13H16N2O/c1-7-5-6-11(15-10(4)16)12-8(2)9(3)14-13(7)12/h5-6,14H,1-4H3,(H,15,16). The molecule has 16 heavy (non-hydrogen) atoms. The Kier molecular flexibility index (Phi) is 2.46. The van der Waals surface area contributed by atoms with E-state index in [1.165, 1.54) is 18.1 Å². The molecule has 0 unspecified atom stereocenters. The molecule has 1 amide bonds. The van der Waals surface area contributed by atoms with Crippen LogP contribution in [0.5, 0.6) is 0 Å². The van der Waals surface area contributed by atoms with Gasteiger partial charge in [-0.3, -0.25) is 4.79 Å². The lowest BCUT2D eigenvalue weighted by Gasteiger charge is -2.06. The first-order valence-corrected chi connectivity index (χ1v) is 5.36. The molecule has 3 nitrogen and oxygen atoms in total. The maximum absolute atomic E-state index is 11.1. The molecular weight excluding hydrogens is 200 g/mol. The lowest BCUT2D eigenvalue weighted by Crippen LogP contribution is -2.06. The molecule has 2 aromatic rings. The number of nitrogens with one attached hydrogen (secondary N) is 2. The molecule has 2 rings (SSSR count). The number of fused-ring (bicyclic) bond motifs is 1. The molecule has 0 radical (unpaired) electrons. The number of anilines is 1. The number of hydrogen-bond acceptors (Lipinski definition) is 1. The van der Waals surface area contributed by atoms with Crippen molar-refractivity contribution in [3.8, 4) is 0 Å². The Balaban J connectivity index is 2.75. The molecule has 0 saturated heterocycles. The number of hydrogen-bond donors (Lipinski definition) is 2. The smallest absolute Gasteiger partial charge is 0.221 e. The van der Waals surface area contributed by atoms with Crippen molar-refractivity contribution in [2.24, 2.45) is 0 Å². The number of carbonyl (C=O) groups excluding carboxylic acids is 1. The Bertz CT molecular complexity index is 567. The van der Waals surface area contributed by atoms with E-state index >= 15 is 0 Å². The molecule has 0 fully saturated rings.